The molecule has 1 aliphatic heterocycles. The van der Waals surface area contributed by atoms with Crippen molar-refractivity contribution >= 4 is 12.0 Å². The van der Waals surface area contributed by atoms with Crippen molar-refractivity contribution in [3.8, 4) is 0 Å². The maximum absolute atomic E-state index is 11.2. The van der Waals surface area contributed by atoms with Crippen LogP contribution < -0.4 is 5.32 Å². The van der Waals surface area contributed by atoms with Crippen molar-refractivity contribution in [2.24, 2.45) is 5.92 Å². The Morgan fingerprint density at radius 1 is 1.33 bits per heavy atom. The van der Waals surface area contributed by atoms with Crippen LogP contribution in [0.2, 0.25) is 0 Å². The van der Waals surface area contributed by atoms with E-state index in [-0.39, 0.29) is 5.91 Å². The van der Waals surface area contributed by atoms with Gasteiger partial charge in [-0.05, 0) is 18.8 Å². The van der Waals surface area contributed by atoms with Gasteiger partial charge in [-0.3, -0.25) is 9.69 Å². The Bertz CT molecular complexity index is 313. The molecule has 5 nitrogen and oxygen atoms in total. The van der Waals surface area contributed by atoms with Crippen LogP contribution in [0.5, 0.6) is 0 Å². The highest BCUT2D eigenvalue weighted by Gasteiger charge is 2.36. The van der Waals surface area contributed by atoms with E-state index in [9.17, 15) is 9.59 Å². The topological polar surface area (TPSA) is 69.6 Å². The molecule has 0 radical (unpaired) electrons. The molecule has 2 aliphatic rings. The zero-order chi connectivity index (χ0) is 13.0. The molecule has 1 aliphatic carbocycles. The van der Waals surface area contributed by atoms with Crippen LogP contribution in [0, 0.1) is 5.92 Å². The summed E-state index contributed by atoms with van der Waals surface area (Å²) in [5.41, 5.74) is 0. The Morgan fingerprint density at radius 2 is 2.06 bits per heavy atom. The second-order valence-corrected chi connectivity index (χ2v) is 5.38. The third-order valence-corrected chi connectivity index (χ3v) is 4.13. The first-order valence-electron chi connectivity index (χ1n) is 6.96. The molecule has 2 rings (SSSR count). The predicted molar refractivity (Wildman–Crippen MR) is 67.3 cm³/mol. The van der Waals surface area contributed by atoms with Crippen molar-refractivity contribution in [1.29, 1.82) is 0 Å². The minimum absolute atomic E-state index is 0.157. The fourth-order valence-corrected chi connectivity index (χ4v) is 2.94. The molecule has 1 heterocycles. The van der Waals surface area contributed by atoms with Crippen LogP contribution in [0.1, 0.15) is 44.9 Å². The molecule has 1 unspecified atom stereocenters. The molecule has 1 saturated heterocycles. The summed E-state index contributed by atoms with van der Waals surface area (Å²) >= 11 is 0. The number of nitrogens with zero attached hydrogens (tertiary/aromatic N) is 1. The molecule has 1 saturated carbocycles. The molecule has 0 spiro atoms. The van der Waals surface area contributed by atoms with E-state index in [1.165, 1.54) is 37.0 Å². The zero-order valence-corrected chi connectivity index (χ0v) is 10.7. The van der Waals surface area contributed by atoms with Gasteiger partial charge in [-0.2, -0.15) is 0 Å². The summed E-state index contributed by atoms with van der Waals surface area (Å²) < 4.78 is 0. The molecule has 2 amide bonds. The van der Waals surface area contributed by atoms with Gasteiger partial charge in [-0.15, -0.1) is 0 Å². The van der Waals surface area contributed by atoms with E-state index in [1.54, 1.807) is 0 Å². The molecule has 0 aromatic rings. The molecule has 1 atom stereocenters. The summed E-state index contributed by atoms with van der Waals surface area (Å²) in [4.78, 5) is 23.6. The molecule has 102 valence electrons. The molecule has 0 bridgehead atoms. The summed E-state index contributed by atoms with van der Waals surface area (Å²) in [7, 11) is 0. The van der Waals surface area contributed by atoms with Gasteiger partial charge in [0.2, 0.25) is 5.91 Å². The van der Waals surface area contributed by atoms with E-state index in [2.05, 4.69) is 5.32 Å². The Hall–Kier alpha value is -1.26. The largest absolute Gasteiger partial charge is 0.465 e. The fraction of sp³-hybridized carbons (Fsp3) is 0.846. The lowest BCUT2D eigenvalue weighted by molar-refractivity contribution is -0.132. The van der Waals surface area contributed by atoms with E-state index >= 15 is 0 Å². The first-order chi connectivity index (χ1) is 8.68. The number of amides is 2. The maximum atomic E-state index is 11.2. The summed E-state index contributed by atoms with van der Waals surface area (Å²) in [6.07, 6.45) is 7.56. The maximum Gasteiger partial charge on any atom is 0.408 e. The normalized spacial score (nSPS) is 24.2. The van der Waals surface area contributed by atoms with Crippen molar-refractivity contribution in [2.75, 3.05) is 13.1 Å². The number of hydrogen-bond donors (Lipinski definition) is 2. The Morgan fingerprint density at radius 3 is 2.56 bits per heavy atom. The summed E-state index contributed by atoms with van der Waals surface area (Å²) in [6, 6.07) is -0.450. The fourth-order valence-electron chi connectivity index (χ4n) is 2.94. The summed E-state index contributed by atoms with van der Waals surface area (Å²) in [5, 5.41) is 11.7. The first kappa shape index (κ1) is 13.2. The van der Waals surface area contributed by atoms with Crippen LogP contribution >= 0.6 is 0 Å². The molecule has 2 N–H and O–H groups in total. The molecule has 2 fully saturated rings. The lowest BCUT2D eigenvalue weighted by Gasteiger charge is -2.35. The number of carbonyl (C=O) groups is 2. The van der Waals surface area contributed by atoms with Crippen LogP contribution in [0.25, 0.3) is 0 Å². The second kappa shape index (κ2) is 6.07. The highest BCUT2D eigenvalue weighted by atomic mass is 16.4. The lowest BCUT2D eigenvalue weighted by Crippen LogP contribution is -2.63. The monoisotopic (exact) mass is 254 g/mol. The van der Waals surface area contributed by atoms with Gasteiger partial charge < -0.3 is 10.4 Å². The molecular weight excluding hydrogens is 232 g/mol. The van der Waals surface area contributed by atoms with Crippen molar-refractivity contribution in [1.82, 2.24) is 10.2 Å². The summed E-state index contributed by atoms with van der Waals surface area (Å²) in [6.45, 7) is 0.957. The Labute approximate surface area is 108 Å². The van der Waals surface area contributed by atoms with Crippen LogP contribution in [-0.2, 0) is 4.79 Å². The van der Waals surface area contributed by atoms with Gasteiger partial charge in [0.1, 0.15) is 6.04 Å². The first-order valence-corrected chi connectivity index (χ1v) is 6.96. The standard InChI is InChI=1S/C13H22N2O3/c16-12-11(9-14-12)15(13(17)18)8-4-7-10-5-2-1-3-6-10/h10-11H,1-9H2,(H,14,16)(H,17,18). The van der Waals surface area contributed by atoms with Gasteiger partial charge in [0.15, 0.2) is 0 Å². The van der Waals surface area contributed by atoms with Crippen LogP contribution in [0.3, 0.4) is 0 Å². The molecule has 0 aromatic carbocycles. The number of nitrogens with one attached hydrogen (secondary N) is 1. The lowest BCUT2D eigenvalue weighted by atomic mass is 9.86. The highest BCUT2D eigenvalue weighted by Crippen LogP contribution is 2.27. The Kier molecular flexibility index (Phi) is 4.44. The van der Waals surface area contributed by atoms with Gasteiger partial charge in [0.05, 0.1) is 0 Å². The SMILES string of the molecule is O=C1NCC1N(CCCC1CCCCC1)C(=O)O. The van der Waals surface area contributed by atoms with Gasteiger partial charge in [-0.25, -0.2) is 4.79 Å². The van der Waals surface area contributed by atoms with E-state index < -0.39 is 12.1 Å². The van der Waals surface area contributed by atoms with Crippen LogP contribution in [-0.4, -0.2) is 41.1 Å². The van der Waals surface area contributed by atoms with E-state index in [0.29, 0.717) is 13.1 Å². The highest BCUT2D eigenvalue weighted by molar-refractivity contribution is 5.90. The number of carbonyl (C=O) groups excluding carboxylic acids is 1. The van der Waals surface area contributed by atoms with Crippen molar-refractivity contribution in [3.63, 3.8) is 0 Å². The van der Waals surface area contributed by atoms with Crippen molar-refractivity contribution in [3.05, 3.63) is 0 Å². The van der Waals surface area contributed by atoms with Gasteiger partial charge in [-0.1, -0.05) is 32.1 Å². The quantitative estimate of drug-likeness (QED) is 0.735. The van der Waals surface area contributed by atoms with Gasteiger partial charge in [0.25, 0.3) is 0 Å². The minimum atomic E-state index is -0.974. The van der Waals surface area contributed by atoms with Gasteiger partial charge in [0, 0.05) is 13.1 Å². The van der Waals surface area contributed by atoms with E-state index in [0.717, 1.165) is 18.8 Å². The predicted octanol–water partition coefficient (Wildman–Crippen LogP) is 1.83. The summed E-state index contributed by atoms with van der Waals surface area (Å²) in [5.74, 6) is 0.611. The molecule has 5 heteroatoms. The number of β-lactam (4-membered cyclic amide) rings is 1. The van der Waals surface area contributed by atoms with Gasteiger partial charge >= 0.3 is 6.09 Å². The van der Waals surface area contributed by atoms with E-state index in [1.807, 2.05) is 0 Å². The van der Waals surface area contributed by atoms with Crippen LogP contribution in [0.4, 0.5) is 4.79 Å². The number of hydrogen-bond acceptors (Lipinski definition) is 2. The average molecular weight is 254 g/mol. The minimum Gasteiger partial charge on any atom is -0.465 e. The zero-order valence-electron chi connectivity index (χ0n) is 10.7. The third kappa shape index (κ3) is 3.15. The number of rotatable bonds is 5. The smallest absolute Gasteiger partial charge is 0.408 e. The number of carboxylic acid groups (broad SMARTS) is 1. The van der Waals surface area contributed by atoms with E-state index in [4.69, 9.17) is 5.11 Å². The van der Waals surface area contributed by atoms with Crippen molar-refractivity contribution in [2.45, 2.75) is 51.0 Å². The molecule has 18 heavy (non-hydrogen) atoms. The Balaban J connectivity index is 1.72. The average Bonchev–Trinajstić information content (AvgIpc) is 2.36. The van der Waals surface area contributed by atoms with Crippen LogP contribution in [0.15, 0.2) is 0 Å². The van der Waals surface area contributed by atoms with Crippen molar-refractivity contribution < 1.29 is 14.7 Å². The molecular formula is C13H22N2O3. The third-order valence-electron chi connectivity index (χ3n) is 4.13. The second-order valence-electron chi connectivity index (χ2n) is 5.38. The molecule has 0 aromatic heterocycles.